The van der Waals surface area contributed by atoms with Gasteiger partial charge in [-0.25, -0.2) is 0 Å². The molecule has 0 N–H and O–H groups in total. The van der Waals surface area contributed by atoms with E-state index in [-0.39, 0.29) is 4.87 Å². The Labute approximate surface area is 83.7 Å². The normalized spacial score (nSPS) is 41.1. The molecule has 0 saturated heterocycles. The summed E-state index contributed by atoms with van der Waals surface area (Å²) in [6.07, 6.45) is 5.32. The molecule has 2 atom stereocenters. The Balaban J connectivity index is 1.54. The molecule has 2 fully saturated rings. The van der Waals surface area contributed by atoms with Crippen LogP contribution in [0.25, 0.3) is 0 Å². The Bertz CT molecular complexity index is 358. The third-order valence-electron chi connectivity index (χ3n) is 4.26. The van der Waals surface area contributed by atoms with Crippen molar-refractivity contribution in [2.24, 2.45) is 11.8 Å². The van der Waals surface area contributed by atoms with E-state index >= 15 is 0 Å². The van der Waals surface area contributed by atoms with E-state index in [0.29, 0.717) is 0 Å². The standard InChI is InChI=1S/C12H13Cl/c1-2-5-12(13)10-9(11(10)12)8-6-3-4-7(6)8/h6-7H,2-5H2,1H3. The molecule has 13 heavy (non-hydrogen) atoms. The third kappa shape index (κ3) is 0.614. The maximum Gasteiger partial charge on any atom is 0.0962 e. The van der Waals surface area contributed by atoms with E-state index in [9.17, 15) is 0 Å². The molecular weight excluding hydrogens is 180 g/mol. The van der Waals surface area contributed by atoms with Crippen molar-refractivity contribution in [1.29, 1.82) is 0 Å². The van der Waals surface area contributed by atoms with Gasteiger partial charge in [0.2, 0.25) is 0 Å². The van der Waals surface area contributed by atoms with E-state index in [1.807, 2.05) is 0 Å². The molecule has 0 aromatic carbocycles. The van der Waals surface area contributed by atoms with E-state index in [1.54, 1.807) is 22.3 Å². The summed E-state index contributed by atoms with van der Waals surface area (Å²) >= 11 is 6.42. The second-order valence-corrected chi connectivity index (χ2v) is 5.57. The van der Waals surface area contributed by atoms with E-state index in [1.165, 1.54) is 25.7 Å². The number of fused-ring (bicyclic) bond motifs is 1. The van der Waals surface area contributed by atoms with Gasteiger partial charge in [0.05, 0.1) is 4.87 Å². The van der Waals surface area contributed by atoms with Crippen LogP contribution in [0.2, 0.25) is 0 Å². The van der Waals surface area contributed by atoms with E-state index in [2.05, 4.69) is 6.92 Å². The van der Waals surface area contributed by atoms with Crippen LogP contribution < -0.4 is 0 Å². The summed E-state index contributed by atoms with van der Waals surface area (Å²) in [6, 6.07) is 0. The molecule has 4 aliphatic rings. The molecule has 0 bridgehead atoms. The van der Waals surface area contributed by atoms with Crippen LogP contribution in [0.1, 0.15) is 32.6 Å². The van der Waals surface area contributed by atoms with Gasteiger partial charge in [0.25, 0.3) is 0 Å². The Kier molecular flexibility index (Phi) is 0.969. The van der Waals surface area contributed by atoms with Crippen molar-refractivity contribution in [3.8, 4) is 0 Å². The number of rotatable bonds is 2. The van der Waals surface area contributed by atoms with Crippen LogP contribution in [0.4, 0.5) is 0 Å². The summed E-state index contributed by atoms with van der Waals surface area (Å²) in [4.78, 5) is 0.0963. The number of hydrogen-bond donors (Lipinski definition) is 0. The van der Waals surface area contributed by atoms with E-state index in [4.69, 9.17) is 11.6 Å². The topological polar surface area (TPSA) is 0 Å². The van der Waals surface area contributed by atoms with Gasteiger partial charge in [-0.05, 0) is 47.8 Å². The molecule has 0 aromatic heterocycles. The molecule has 0 aromatic rings. The third-order valence-corrected chi connectivity index (χ3v) is 4.83. The smallest absolute Gasteiger partial charge is 0.0962 e. The van der Waals surface area contributed by atoms with Gasteiger partial charge in [-0.1, -0.05) is 18.9 Å². The van der Waals surface area contributed by atoms with Crippen LogP contribution in [0.3, 0.4) is 0 Å². The highest BCUT2D eigenvalue weighted by Crippen LogP contribution is 2.79. The zero-order valence-corrected chi connectivity index (χ0v) is 8.62. The van der Waals surface area contributed by atoms with Gasteiger partial charge in [0.15, 0.2) is 0 Å². The highest BCUT2D eigenvalue weighted by atomic mass is 35.5. The molecule has 2 saturated carbocycles. The molecule has 68 valence electrons. The first-order chi connectivity index (χ1) is 6.29. The molecule has 0 nitrogen and oxygen atoms in total. The van der Waals surface area contributed by atoms with Gasteiger partial charge >= 0.3 is 0 Å². The second kappa shape index (κ2) is 1.77. The molecule has 0 heterocycles. The molecule has 0 spiro atoms. The second-order valence-electron chi connectivity index (χ2n) is 4.92. The van der Waals surface area contributed by atoms with Crippen LogP contribution in [-0.4, -0.2) is 4.87 Å². The summed E-state index contributed by atoms with van der Waals surface area (Å²) in [5.74, 6) is 2.04. The Hall–Kier alpha value is -0.230. The lowest BCUT2D eigenvalue weighted by molar-refractivity contribution is 0.468. The fourth-order valence-corrected chi connectivity index (χ4v) is 3.78. The summed E-state index contributed by atoms with van der Waals surface area (Å²) < 4.78 is 0. The van der Waals surface area contributed by atoms with Crippen molar-refractivity contribution in [3.05, 3.63) is 22.3 Å². The summed E-state index contributed by atoms with van der Waals surface area (Å²) in [7, 11) is 0. The summed E-state index contributed by atoms with van der Waals surface area (Å²) in [6.45, 7) is 2.22. The molecule has 1 heteroatoms. The SMILES string of the molecule is CCCC1(Cl)C2=C1C2=C1C2CCC12. The molecule has 4 aliphatic carbocycles. The van der Waals surface area contributed by atoms with Gasteiger partial charge in [-0.3, -0.25) is 0 Å². The van der Waals surface area contributed by atoms with E-state index < -0.39 is 0 Å². The van der Waals surface area contributed by atoms with Crippen molar-refractivity contribution in [2.45, 2.75) is 37.5 Å². The molecular formula is C12H13Cl. The first kappa shape index (κ1) is 7.11. The van der Waals surface area contributed by atoms with Crippen molar-refractivity contribution in [2.75, 3.05) is 0 Å². The van der Waals surface area contributed by atoms with Crippen molar-refractivity contribution < 1.29 is 0 Å². The first-order valence-electron chi connectivity index (χ1n) is 5.48. The van der Waals surface area contributed by atoms with Crippen LogP contribution in [0.15, 0.2) is 22.3 Å². The van der Waals surface area contributed by atoms with Crippen LogP contribution in [-0.2, 0) is 0 Å². The Morgan fingerprint density at radius 3 is 2.38 bits per heavy atom. The minimum Gasteiger partial charge on any atom is -0.109 e. The number of hydrogen-bond acceptors (Lipinski definition) is 0. The van der Waals surface area contributed by atoms with Crippen LogP contribution in [0, 0.1) is 11.8 Å². The van der Waals surface area contributed by atoms with Crippen LogP contribution in [0.5, 0.6) is 0 Å². The zero-order chi connectivity index (χ0) is 8.79. The quantitative estimate of drug-likeness (QED) is 0.589. The average Bonchev–Trinajstić information content (AvgIpc) is 2.89. The number of alkyl halides is 1. The van der Waals surface area contributed by atoms with Crippen molar-refractivity contribution in [3.63, 3.8) is 0 Å². The predicted molar refractivity (Wildman–Crippen MR) is 53.8 cm³/mol. The maximum absolute atomic E-state index is 6.42. The maximum atomic E-state index is 6.42. The van der Waals surface area contributed by atoms with Crippen LogP contribution >= 0.6 is 11.6 Å². The van der Waals surface area contributed by atoms with Gasteiger partial charge in [0.1, 0.15) is 0 Å². The highest BCUT2D eigenvalue weighted by molar-refractivity contribution is 6.38. The van der Waals surface area contributed by atoms with E-state index in [0.717, 1.165) is 11.8 Å². The molecule has 0 radical (unpaired) electrons. The largest absolute Gasteiger partial charge is 0.109 e. The summed E-state index contributed by atoms with van der Waals surface area (Å²) in [5, 5.41) is 0. The molecule has 4 rings (SSSR count). The fraction of sp³-hybridized carbons (Fsp3) is 0.667. The average molecular weight is 193 g/mol. The monoisotopic (exact) mass is 192 g/mol. The Morgan fingerprint density at radius 2 is 1.92 bits per heavy atom. The van der Waals surface area contributed by atoms with Gasteiger partial charge in [-0.2, -0.15) is 0 Å². The fourth-order valence-electron chi connectivity index (χ4n) is 3.26. The number of allylic oxidation sites excluding steroid dienone is 4. The van der Waals surface area contributed by atoms with Crippen molar-refractivity contribution in [1.82, 2.24) is 0 Å². The lowest BCUT2D eigenvalue weighted by atomic mass is 9.97. The first-order valence-corrected chi connectivity index (χ1v) is 5.85. The van der Waals surface area contributed by atoms with Gasteiger partial charge in [-0.15, -0.1) is 11.6 Å². The van der Waals surface area contributed by atoms with Crippen molar-refractivity contribution >= 4 is 11.6 Å². The molecule has 0 aliphatic heterocycles. The minimum atomic E-state index is 0.0963. The summed E-state index contributed by atoms with van der Waals surface area (Å²) in [5.41, 5.74) is 6.61. The van der Waals surface area contributed by atoms with Gasteiger partial charge in [0, 0.05) is 0 Å². The molecule has 2 unspecified atom stereocenters. The lowest BCUT2D eigenvalue weighted by Gasteiger charge is -2.17. The van der Waals surface area contributed by atoms with Gasteiger partial charge < -0.3 is 0 Å². The number of halogens is 1. The highest BCUT2D eigenvalue weighted by Gasteiger charge is 2.71. The minimum absolute atomic E-state index is 0.0963. The predicted octanol–water partition coefficient (Wildman–Crippen LogP) is 3.42. The molecule has 0 amide bonds. The zero-order valence-electron chi connectivity index (χ0n) is 7.86. The Morgan fingerprint density at radius 1 is 1.31 bits per heavy atom. The lowest BCUT2D eigenvalue weighted by Crippen LogP contribution is -2.14.